The van der Waals surface area contributed by atoms with Crippen molar-refractivity contribution in [3.8, 4) is 0 Å². The standard InChI is InChI=1S/C16H15F2N3O2/c1-9(12-4-2-10(17)7-13(12)18)6-15(22)21-11-3-5-14(16(19)23)20-8-11/h2-5,7-9H,6H2,1H3,(H2,19,23)(H,21,22)/t9-/m1/s1. The molecule has 0 aliphatic carbocycles. The van der Waals surface area contributed by atoms with Crippen LogP contribution in [0.4, 0.5) is 14.5 Å². The number of primary amides is 1. The lowest BCUT2D eigenvalue weighted by molar-refractivity contribution is -0.116. The molecule has 1 heterocycles. The van der Waals surface area contributed by atoms with Crippen molar-refractivity contribution < 1.29 is 18.4 Å². The van der Waals surface area contributed by atoms with E-state index >= 15 is 0 Å². The summed E-state index contributed by atoms with van der Waals surface area (Å²) in [6, 6.07) is 6.15. The van der Waals surface area contributed by atoms with Crippen LogP contribution in [0.2, 0.25) is 0 Å². The predicted octanol–water partition coefficient (Wildman–Crippen LogP) is 2.59. The van der Waals surface area contributed by atoms with Gasteiger partial charge in [-0.3, -0.25) is 9.59 Å². The Morgan fingerprint density at radius 1 is 1.26 bits per heavy atom. The van der Waals surface area contributed by atoms with Crippen LogP contribution in [0.25, 0.3) is 0 Å². The number of anilines is 1. The second-order valence-corrected chi connectivity index (χ2v) is 5.12. The Balaban J connectivity index is 1.99. The van der Waals surface area contributed by atoms with E-state index in [9.17, 15) is 18.4 Å². The minimum Gasteiger partial charge on any atom is -0.364 e. The molecule has 0 bridgehead atoms. The van der Waals surface area contributed by atoms with Crippen molar-refractivity contribution in [1.29, 1.82) is 0 Å². The molecule has 120 valence electrons. The molecule has 0 aliphatic heterocycles. The summed E-state index contributed by atoms with van der Waals surface area (Å²) in [6.45, 7) is 1.67. The molecular formula is C16H15F2N3O2. The number of pyridine rings is 1. The van der Waals surface area contributed by atoms with E-state index in [2.05, 4.69) is 10.3 Å². The number of nitrogens with zero attached hydrogens (tertiary/aromatic N) is 1. The zero-order valence-electron chi connectivity index (χ0n) is 12.3. The topological polar surface area (TPSA) is 85.1 Å². The Bertz CT molecular complexity index is 733. The van der Waals surface area contributed by atoms with E-state index in [0.717, 1.165) is 12.1 Å². The molecule has 2 amide bonds. The highest BCUT2D eigenvalue weighted by molar-refractivity contribution is 5.93. The van der Waals surface area contributed by atoms with E-state index in [1.54, 1.807) is 6.92 Å². The van der Waals surface area contributed by atoms with Crippen LogP contribution in [0, 0.1) is 11.6 Å². The number of carbonyl (C=O) groups excluding carboxylic acids is 2. The Morgan fingerprint density at radius 2 is 2.00 bits per heavy atom. The number of carbonyl (C=O) groups is 2. The second-order valence-electron chi connectivity index (χ2n) is 5.12. The van der Waals surface area contributed by atoms with Gasteiger partial charge in [-0.2, -0.15) is 0 Å². The third-order valence-electron chi connectivity index (χ3n) is 3.28. The van der Waals surface area contributed by atoms with Crippen molar-refractivity contribution in [3.05, 3.63) is 59.4 Å². The highest BCUT2D eigenvalue weighted by Gasteiger charge is 2.16. The van der Waals surface area contributed by atoms with Crippen molar-refractivity contribution in [1.82, 2.24) is 4.98 Å². The Morgan fingerprint density at radius 3 is 2.57 bits per heavy atom. The van der Waals surface area contributed by atoms with Crippen molar-refractivity contribution >= 4 is 17.5 Å². The third-order valence-corrected chi connectivity index (χ3v) is 3.28. The summed E-state index contributed by atoms with van der Waals surface area (Å²) in [7, 11) is 0. The maximum atomic E-state index is 13.7. The average molecular weight is 319 g/mol. The van der Waals surface area contributed by atoms with Crippen molar-refractivity contribution in [2.45, 2.75) is 19.3 Å². The second kappa shape index (κ2) is 6.95. The van der Waals surface area contributed by atoms with E-state index in [-0.39, 0.29) is 23.6 Å². The average Bonchev–Trinajstić information content (AvgIpc) is 2.47. The molecule has 2 rings (SSSR count). The van der Waals surface area contributed by atoms with E-state index in [0.29, 0.717) is 5.69 Å². The smallest absolute Gasteiger partial charge is 0.267 e. The molecule has 3 N–H and O–H groups in total. The maximum absolute atomic E-state index is 13.7. The molecule has 0 saturated heterocycles. The van der Waals surface area contributed by atoms with Gasteiger partial charge in [0.2, 0.25) is 5.91 Å². The normalized spacial score (nSPS) is 11.8. The third kappa shape index (κ3) is 4.32. The first-order valence-electron chi connectivity index (χ1n) is 6.87. The Kier molecular flexibility index (Phi) is 5.00. The summed E-state index contributed by atoms with van der Waals surface area (Å²) in [5, 5.41) is 2.59. The van der Waals surface area contributed by atoms with Gasteiger partial charge in [0.15, 0.2) is 0 Å². The van der Waals surface area contributed by atoms with Gasteiger partial charge in [0.05, 0.1) is 11.9 Å². The van der Waals surface area contributed by atoms with Gasteiger partial charge in [0.25, 0.3) is 5.91 Å². The fourth-order valence-corrected chi connectivity index (χ4v) is 2.11. The molecule has 23 heavy (non-hydrogen) atoms. The lowest BCUT2D eigenvalue weighted by Crippen LogP contribution is -2.16. The first kappa shape index (κ1) is 16.5. The van der Waals surface area contributed by atoms with Crippen LogP contribution in [-0.2, 0) is 4.79 Å². The number of halogens is 2. The fourth-order valence-electron chi connectivity index (χ4n) is 2.11. The first-order chi connectivity index (χ1) is 10.9. The highest BCUT2D eigenvalue weighted by Crippen LogP contribution is 2.23. The molecule has 7 heteroatoms. The van der Waals surface area contributed by atoms with Gasteiger partial charge in [-0.1, -0.05) is 13.0 Å². The van der Waals surface area contributed by atoms with E-state index in [1.165, 1.54) is 24.4 Å². The first-order valence-corrected chi connectivity index (χ1v) is 6.87. The van der Waals surface area contributed by atoms with E-state index < -0.39 is 23.5 Å². The van der Waals surface area contributed by atoms with Crippen LogP contribution < -0.4 is 11.1 Å². The van der Waals surface area contributed by atoms with Gasteiger partial charge < -0.3 is 11.1 Å². The van der Waals surface area contributed by atoms with Crippen LogP contribution in [0.3, 0.4) is 0 Å². The van der Waals surface area contributed by atoms with E-state index in [1.807, 2.05) is 0 Å². The van der Waals surface area contributed by atoms with Gasteiger partial charge in [0.1, 0.15) is 17.3 Å². The zero-order valence-corrected chi connectivity index (χ0v) is 12.3. The lowest BCUT2D eigenvalue weighted by Gasteiger charge is -2.13. The summed E-state index contributed by atoms with van der Waals surface area (Å²) in [6.07, 6.45) is 1.32. The fraction of sp³-hybridized carbons (Fsp3) is 0.188. The van der Waals surface area contributed by atoms with Crippen LogP contribution in [0.5, 0.6) is 0 Å². The number of nitrogens with one attached hydrogen (secondary N) is 1. The van der Waals surface area contributed by atoms with Crippen molar-refractivity contribution in [3.63, 3.8) is 0 Å². The Hall–Kier alpha value is -2.83. The number of hydrogen-bond acceptors (Lipinski definition) is 3. The molecule has 0 unspecified atom stereocenters. The highest BCUT2D eigenvalue weighted by atomic mass is 19.1. The van der Waals surface area contributed by atoms with Crippen LogP contribution >= 0.6 is 0 Å². The van der Waals surface area contributed by atoms with Crippen LogP contribution in [0.15, 0.2) is 36.5 Å². The number of rotatable bonds is 5. The monoisotopic (exact) mass is 319 g/mol. The number of aromatic nitrogens is 1. The minimum atomic E-state index is -0.683. The largest absolute Gasteiger partial charge is 0.364 e. The van der Waals surface area contributed by atoms with Crippen molar-refractivity contribution in [2.24, 2.45) is 5.73 Å². The number of hydrogen-bond donors (Lipinski definition) is 2. The van der Waals surface area contributed by atoms with Gasteiger partial charge in [-0.15, -0.1) is 0 Å². The molecule has 2 aromatic rings. The lowest BCUT2D eigenvalue weighted by atomic mass is 9.97. The summed E-state index contributed by atoms with van der Waals surface area (Å²) < 4.78 is 26.6. The molecule has 1 atom stereocenters. The number of nitrogens with two attached hydrogens (primary N) is 1. The molecule has 0 saturated carbocycles. The van der Waals surface area contributed by atoms with Gasteiger partial charge in [-0.05, 0) is 29.7 Å². The molecule has 0 spiro atoms. The molecule has 0 fully saturated rings. The van der Waals surface area contributed by atoms with Gasteiger partial charge >= 0.3 is 0 Å². The minimum absolute atomic E-state index is 0.0140. The summed E-state index contributed by atoms with van der Waals surface area (Å²) in [4.78, 5) is 26.7. The van der Waals surface area contributed by atoms with Gasteiger partial charge in [-0.25, -0.2) is 13.8 Å². The molecule has 1 aromatic heterocycles. The maximum Gasteiger partial charge on any atom is 0.267 e. The quantitative estimate of drug-likeness (QED) is 0.888. The molecule has 0 aliphatic rings. The molecular weight excluding hydrogens is 304 g/mol. The Labute approximate surface area is 131 Å². The SMILES string of the molecule is C[C@H](CC(=O)Nc1ccc(C(N)=O)nc1)c1ccc(F)cc1F. The molecule has 1 aromatic carbocycles. The number of amides is 2. The number of benzene rings is 1. The van der Waals surface area contributed by atoms with Crippen LogP contribution in [-0.4, -0.2) is 16.8 Å². The zero-order chi connectivity index (χ0) is 17.0. The summed E-state index contributed by atoms with van der Waals surface area (Å²) >= 11 is 0. The predicted molar refractivity (Wildman–Crippen MR) is 80.8 cm³/mol. The summed E-state index contributed by atoms with van der Waals surface area (Å²) in [5.74, 6) is -2.78. The van der Waals surface area contributed by atoms with Crippen molar-refractivity contribution in [2.75, 3.05) is 5.32 Å². The van der Waals surface area contributed by atoms with Gasteiger partial charge in [0, 0.05) is 12.5 Å². The van der Waals surface area contributed by atoms with Crippen LogP contribution in [0.1, 0.15) is 35.3 Å². The summed E-state index contributed by atoms with van der Waals surface area (Å²) in [5.41, 5.74) is 5.82. The molecule has 0 radical (unpaired) electrons. The van der Waals surface area contributed by atoms with E-state index in [4.69, 9.17) is 5.73 Å². The molecule has 5 nitrogen and oxygen atoms in total.